The van der Waals surface area contributed by atoms with Crippen molar-refractivity contribution in [3.05, 3.63) is 29.1 Å². The lowest BCUT2D eigenvalue weighted by Crippen LogP contribution is -2.12. The number of carbonyl (C=O) groups is 2. The Kier molecular flexibility index (Phi) is 1.92. The highest BCUT2D eigenvalue weighted by Gasteiger charge is 2.22. The van der Waals surface area contributed by atoms with Crippen LogP contribution in [0, 0.1) is 5.82 Å². The number of amides is 2. The zero-order valence-electron chi connectivity index (χ0n) is 7.13. The number of fused-ring (bicyclic) bond motifs is 1. The monoisotopic (exact) mass is 194 g/mol. The number of hydrogen-bond donors (Lipinski definition) is 2. The number of benzene rings is 1. The molecule has 5 heteroatoms. The molecule has 0 saturated heterocycles. The fourth-order valence-electron chi connectivity index (χ4n) is 1.43. The summed E-state index contributed by atoms with van der Waals surface area (Å²) in [5.41, 5.74) is 0.925. The first kappa shape index (κ1) is 8.68. The first-order valence-electron chi connectivity index (χ1n) is 4.03. The molecule has 2 N–H and O–H groups in total. The molecule has 0 fully saturated rings. The molecule has 1 aliphatic heterocycles. The van der Waals surface area contributed by atoms with Gasteiger partial charge in [0.15, 0.2) is 0 Å². The maximum atomic E-state index is 13.3. The van der Waals surface area contributed by atoms with E-state index >= 15 is 0 Å². The van der Waals surface area contributed by atoms with E-state index in [0.717, 1.165) is 0 Å². The quantitative estimate of drug-likeness (QED) is 0.678. The lowest BCUT2D eigenvalue weighted by Gasteiger charge is -2.02. The minimum absolute atomic E-state index is 0.210. The van der Waals surface area contributed by atoms with Gasteiger partial charge in [-0.15, -0.1) is 0 Å². The van der Waals surface area contributed by atoms with Gasteiger partial charge in [0, 0.05) is 23.4 Å². The van der Waals surface area contributed by atoms with Crippen molar-refractivity contribution < 1.29 is 14.0 Å². The van der Waals surface area contributed by atoms with Crippen molar-refractivity contribution >= 4 is 18.0 Å². The van der Waals surface area contributed by atoms with Gasteiger partial charge < -0.3 is 10.6 Å². The number of nitrogens with one attached hydrogen (secondary N) is 2. The molecule has 72 valence electrons. The standard InChI is InChI=1S/C9H7FN2O2/c10-8-2-5(12-4-13)1-6-7(8)3-11-9(6)14/h1-2,4H,3H2,(H,11,14)(H,12,13). The predicted octanol–water partition coefficient (Wildman–Crippen LogP) is 0.637. The van der Waals surface area contributed by atoms with Crippen LogP contribution in [0.15, 0.2) is 12.1 Å². The highest BCUT2D eigenvalue weighted by atomic mass is 19.1. The van der Waals surface area contributed by atoms with Crippen LogP contribution in [0.25, 0.3) is 0 Å². The van der Waals surface area contributed by atoms with Crippen LogP contribution in [0.1, 0.15) is 15.9 Å². The molecule has 2 rings (SSSR count). The molecule has 0 radical (unpaired) electrons. The van der Waals surface area contributed by atoms with E-state index < -0.39 is 5.82 Å². The lowest BCUT2D eigenvalue weighted by molar-refractivity contribution is -0.105. The van der Waals surface area contributed by atoms with Crippen molar-refractivity contribution in [2.24, 2.45) is 0 Å². The summed E-state index contributed by atoms with van der Waals surface area (Å²) in [6.45, 7) is 0.210. The summed E-state index contributed by atoms with van der Waals surface area (Å²) >= 11 is 0. The molecule has 2 amide bonds. The first-order chi connectivity index (χ1) is 6.72. The first-order valence-corrected chi connectivity index (χ1v) is 4.03. The molecule has 0 saturated carbocycles. The number of rotatable bonds is 2. The van der Waals surface area contributed by atoms with Gasteiger partial charge in [-0.2, -0.15) is 0 Å². The van der Waals surface area contributed by atoms with Crippen LogP contribution in [-0.4, -0.2) is 12.3 Å². The van der Waals surface area contributed by atoms with Gasteiger partial charge in [0.25, 0.3) is 5.91 Å². The molecule has 1 aromatic rings. The Balaban J connectivity index is 2.52. The van der Waals surface area contributed by atoms with Crippen molar-refractivity contribution in [1.29, 1.82) is 0 Å². The van der Waals surface area contributed by atoms with E-state index in [4.69, 9.17) is 0 Å². The van der Waals surface area contributed by atoms with E-state index in [9.17, 15) is 14.0 Å². The highest BCUT2D eigenvalue weighted by Crippen LogP contribution is 2.23. The predicted molar refractivity (Wildman–Crippen MR) is 47.3 cm³/mol. The summed E-state index contributed by atoms with van der Waals surface area (Å²) in [6.07, 6.45) is 0.439. The number of anilines is 1. The average molecular weight is 194 g/mol. The van der Waals surface area contributed by atoms with Crippen LogP contribution in [0.3, 0.4) is 0 Å². The number of hydrogen-bond acceptors (Lipinski definition) is 2. The second-order valence-electron chi connectivity index (χ2n) is 2.93. The second-order valence-corrected chi connectivity index (χ2v) is 2.93. The smallest absolute Gasteiger partial charge is 0.252 e. The fourth-order valence-corrected chi connectivity index (χ4v) is 1.43. The Bertz CT molecular complexity index is 418. The van der Waals surface area contributed by atoms with Gasteiger partial charge in [0.2, 0.25) is 6.41 Å². The normalized spacial score (nSPS) is 13.4. The maximum absolute atomic E-state index is 13.3. The molecule has 0 atom stereocenters. The van der Waals surface area contributed by atoms with E-state index in [1.54, 1.807) is 0 Å². The third kappa shape index (κ3) is 1.22. The Labute approximate surface area is 79.1 Å². The largest absolute Gasteiger partial charge is 0.348 e. The zero-order valence-corrected chi connectivity index (χ0v) is 7.13. The van der Waals surface area contributed by atoms with Crippen LogP contribution in [-0.2, 0) is 11.3 Å². The minimum Gasteiger partial charge on any atom is -0.348 e. The lowest BCUT2D eigenvalue weighted by atomic mass is 10.1. The molecule has 1 aliphatic rings. The molecule has 0 unspecified atom stereocenters. The second kappa shape index (κ2) is 3.10. The van der Waals surface area contributed by atoms with Crippen molar-refractivity contribution in [2.75, 3.05) is 5.32 Å². The van der Waals surface area contributed by atoms with E-state index in [2.05, 4.69) is 10.6 Å². The maximum Gasteiger partial charge on any atom is 0.252 e. The van der Waals surface area contributed by atoms with Crippen LogP contribution in [0.5, 0.6) is 0 Å². The van der Waals surface area contributed by atoms with E-state index in [0.29, 0.717) is 12.0 Å². The highest BCUT2D eigenvalue weighted by molar-refractivity contribution is 5.99. The molecule has 0 aliphatic carbocycles. The average Bonchev–Trinajstić information content (AvgIpc) is 2.49. The number of carbonyl (C=O) groups excluding carboxylic acids is 2. The summed E-state index contributed by atoms with van der Waals surface area (Å²) in [6, 6.07) is 2.64. The van der Waals surface area contributed by atoms with Crippen molar-refractivity contribution in [3.8, 4) is 0 Å². The molecular weight excluding hydrogens is 187 g/mol. The summed E-state index contributed by atoms with van der Waals surface area (Å²) < 4.78 is 13.3. The number of halogens is 1. The Morgan fingerprint density at radius 1 is 1.50 bits per heavy atom. The fraction of sp³-hybridized carbons (Fsp3) is 0.111. The molecule has 4 nitrogen and oxygen atoms in total. The van der Waals surface area contributed by atoms with Gasteiger partial charge in [-0.1, -0.05) is 0 Å². The molecule has 0 aromatic heterocycles. The molecule has 1 heterocycles. The Morgan fingerprint density at radius 2 is 2.29 bits per heavy atom. The van der Waals surface area contributed by atoms with Crippen molar-refractivity contribution in [1.82, 2.24) is 5.32 Å². The van der Waals surface area contributed by atoms with Gasteiger partial charge in [0.1, 0.15) is 5.82 Å². The summed E-state index contributed by atoms with van der Waals surface area (Å²) in [4.78, 5) is 21.3. The molecular formula is C9H7FN2O2. The zero-order chi connectivity index (χ0) is 10.1. The third-order valence-corrected chi connectivity index (χ3v) is 2.09. The third-order valence-electron chi connectivity index (χ3n) is 2.09. The van der Waals surface area contributed by atoms with Crippen molar-refractivity contribution in [3.63, 3.8) is 0 Å². The van der Waals surface area contributed by atoms with E-state index in [1.807, 2.05) is 0 Å². The van der Waals surface area contributed by atoms with E-state index in [-0.39, 0.29) is 23.7 Å². The molecule has 14 heavy (non-hydrogen) atoms. The SMILES string of the molecule is O=CNc1cc(F)c2c(c1)C(=O)NC2. The van der Waals surface area contributed by atoms with Crippen LogP contribution < -0.4 is 10.6 Å². The summed E-state index contributed by atoms with van der Waals surface area (Å²) in [5, 5.41) is 4.80. The van der Waals surface area contributed by atoms with Gasteiger partial charge in [0.05, 0.1) is 0 Å². The summed E-state index contributed by atoms with van der Waals surface area (Å²) in [7, 11) is 0. The Morgan fingerprint density at radius 3 is 3.00 bits per heavy atom. The molecule has 0 spiro atoms. The van der Waals surface area contributed by atoms with Gasteiger partial charge >= 0.3 is 0 Å². The van der Waals surface area contributed by atoms with Gasteiger partial charge in [-0.05, 0) is 12.1 Å². The van der Waals surface area contributed by atoms with E-state index in [1.165, 1.54) is 12.1 Å². The van der Waals surface area contributed by atoms with Gasteiger partial charge in [-0.3, -0.25) is 9.59 Å². The topological polar surface area (TPSA) is 58.2 Å². The van der Waals surface area contributed by atoms with Gasteiger partial charge in [-0.25, -0.2) is 4.39 Å². The van der Waals surface area contributed by atoms with Crippen molar-refractivity contribution in [2.45, 2.75) is 6.54 Å². The van der Waals surface area contributed by atoms with Crippen LogP contribution in [0.2, 0.25) is 0 Å². The molecule has 1 aromatic carbocycles. The minimum atomic E-state index is -0.481. The van der Waals surface area contributed by atoms with Crippen LogP contribution >= 0.6 is 0 Å². The molecule has 0 bridgehead atoms. The summed E-state index contributed by atoms with van der Waals surface area (Å²) in [5.74, 6) is -0.793. The Hall–Kier alpha value is -1.91. The van der Waals surface area contributed by atoms with Crippen LogP contribution in [0.4, 0.5) is 10.1 Å².